The van der Waals surface area contributed by atoms with Gasteiger partial charge in [-0.05, 0) is 24.1 Å². The van der Waals surface area contributed by atoms with Gasteiger partial charge in [0.05, 0.1) is 7.11 Å². The van der Waals surface area contributed by atoms with Crippen LogP contribution in [-0.4, -0.2) is 13.7 Å². The molecule has 0 aliphatic rings. The molecule has 0 saturated heterocycles. The fourth-order valence-corrected chi connectivity index (χ4v) is 1.62. The molecule has 2 nitrogen and oxygen atoms in total. The van der Waals surface area contributed by atoms with Gasteiger partial charge in [-0.25, -0.2) is 0 Å². The van der Waals surface area contributed by atoms with E-state index >= 15 is 0 Å². The first-order valence-corrected chi connectivity index (χ1v) is 6.11. The number of halogens is 1. The van der Waals surface area contributed by atoms with Crippen LogP contribution in [0, 0.1) is 0 Å². The highest BCUT2D eigenvalue weighted by molar-refractivity contribution is 6.19. The minimum atomic E-state index is -0.359. The lowest BCUT2D eigenvalue weighted by molar-refractivity contribution is 0.104. The lowest BCUT2D eigenvalue weighted by Gasteiger charge is -2.11. The third kappa shape index (κ3) is 4.42. The van der Waals surface area contributed by atoms with Crippen LogP contribution in [0.25, 0.3) is 0 Å². The van der Waals surface area contributed by atoms with Gasteiger partial charge >= 0.3 is 0 Å². The van der Waals surface area contributed by atoms with Crippen molar-refractivity contribution in [3.05, 3.63) is 29.8 Å². The Bertz CT molecular complexity index is 284. The lowest BCUT2D eigenvalue weighted by Crippen LogP contribution is -1.99. The summed E-state index contributed by atoms with van der Waals surface area (Å²) in [6, 6.07) is 7.63. The zero-order valence-electron chi connectivity index (χ0n) is 9.91. The molecule has 0 amide bonds. The van der Waals surface area contributed by atoms with E-state index in [4.69, 9.17) is 21.1 Å². The van der Waals surface area contributed by atoms with Crippen molar-refractivity contribution in [1.82, 2.24) is 0 Å². The highest BCUT2D eigenvalue weighted by Crippen LogP contribution is 2.24. The molecule has 1 atom stereocenters. The van der Waals surface area contributed by atoms with Crippen molar-refractivity contribution in [2.45, 2.75) is 31.7 Å². The van der Waals surface area contributed by atoms with Gasteiger partial charge in [-0.15, -0.1) is 0 Å². The fraction of sp³-hybridized carbons (Fsp3) is 0.538. The van der Waals surface area contributed by atoms with Crippen LogP contribution in [0.3, 0.4) is 0 Å². The summed E-state index contributed by atoms with van der Waals surface area (Å²) in [4.78, 5) is 0. The minimum Gasteiger partial charge on any atom is -0.497 e. The minimum absolute atomic E-state index is 0.359. The Morgan fingerprint density at radius 1 is 1.19 bits per heavy atom. The molecule has 0 spiro atoms. The van der Waals surface area contributed by atoms with Crippen molar-refractivity contribution in [2.24, 2.45) is 0 Å². The van der Waals surface area contributed by atoms with E-state index in [2.05, 4.69) is 6.92 Å². The van der Waals surface area contributed by atoms with Gasteiger partial charge in [-0.2, -0.15) is 0 Å². The van der Waals surface area contributed by atoms with E-state index in [1.807, 2.05) is 24.3 Å². The van der Waals surface area contributed by atoms with Crippen molar-refractivity contribution in [3.63, 3.8) is 0 Å². The number of benzene rings is 1. The summed E-state index contributed by atoms with van der Waals surface area (Å²) in [5.74, 6) is 0.832. The lowest BCUT2D eigenvalue weighted by atomic mass is 10.2. The first-order chi connectivity index (χ1) is 7.77. The highest BCUT2D eigenvalue weighted by atomic mass is 35.5. The molecule has 1 unspecified atom stereocenters. The molecule has 0 heterocycles. The predicted molar refractivity (Wildman–Crippen MR) is 67.1 cm³/mol. The summed E-state index contributed by atoms with van der Waals surface area (Å²) in [6.45, 7) is 2.88. The molecule has 16 heavy (non-hydrogen) atoms. The van der Waals surface area contributed by atoms with Gasteiger partial charge in [0.15, 0.2) is 5.56 Å². The van der Waals surface area contributed by atoms with Gasteiger partial charge in [0.25, 0.3) is 0 Å². The van der Waals surface area contributed by atoms with Crippen LogP contribution in [0.15, 0.2) is 24.3 Å². The number of hydrogen-bond acceptors (Lipinski definition) is 2. The summed E-state index contributed by atoms with van der Waals surface area (Å²) in [5, 5.41) is 0. The number of ether oxygens (including phenoxy) is 2. The first-order valence-electron chi connectivity index (χ1n) is 5.67. The van der Waals surface area contributed by atoms with Crippen molar-refractivity contribution in [3.8, 4) is 5.75 Å². The van der Waals surface area contributed by atoms with Crippen molar-refractivity contribution in [2.75, 3.05) is 13.7 Å². The second-order valence-electron chi connectivity index (χ2n) is 3.67. The first kappa shape index (κ1) is 13.3. The molecule has 0 radical (unpaired) electrons. The Kier molecular flexibility index (Phi) is 6.27. The average Bonchev–Trinajstić information content (AvgIpc) is 2.34. The van der Waals surface area contributed by atoms with Gasteiger partial charge in [0.2, 0.25) is 0 Å². The maximum absolute atomic E-state index is 6.12. The van der Waals surface area contributed by atoms with Gasteiger partial charge in [-0.3, -0.25) is 0 Å². The SMILES string of the molecule is CCCCCOC(Cl)c1ccc(OC)cc1. The van der Waals surface area contributed by atoms with Crippen LogP contribution in [0.4, 0.5) is 0 Å². The number of unbranched alkanes of at least 4 members (excludes halogenated alkanes) is 2. The number of rotatable bonds is 7. The molecule has 1 aromatic carbocycles. The van der Waals surface area contributed by atoms with Gasteiger partial charge < -0.3 is 9.47 Å². The summed E-state index contributed by atoms with van der Waals surface area (Å²) < 4.78 is 10.6. The number of alkyl halides is 1. The number of methoxy groups -OCH3 is 1. The van der Waals surface area contributed by atoms with Crippen molar-refractivity contribution >= 4 is 11.6 Å². The molecule has 0 fully saturated rings. The van der Waals surface area contributed by atoms with Crippen LogP contribution in [-0.2, 0) is 4.74 Å². The van der Waals surface area contributed by atoms with Crippen molar-refractivity contribution < 1.29 is 9.47 Å². The molecular weight excluding hydrogens is 224 g/mol. The van der Waals surface area contributed by atoms with E-state index in [1.54, 1.807) is 7.11 Å². The maximum Gasteiger partial charge on any atom is 0.156 e. The van der Waals surface area contributed by atoms with E-state index in [9.17, 15) is 0 Å². The van der Waals surface area contributed by atoms with Gasteiger partial charge in [-0.1, -0.05) is 43.5 Å². The van der Waals surface area contributed by atoms with Crippen LogP contribution in [0.5, 0.6) is 5.75 Å². The maximum atomic E-state index is 6.12. The monoisotopic (exact) mass is 242 g/mol. The van der Waals surface area contributed by atoms with Crippen LogP contribution >= 0.6 is 11.6 Å². The zero-order chi connectivity index (χ0) is 11.8. The van der Waals surface area contributed by atoms with Crippen LogP contribution < -0.4 is 4.74 Å². The van der Waals surface area contributed by atoms with E-state index < -0.39 is 0 Å². The molecule has 0 N–H and O–H groups in total. The molecule has 1 aromatic rings. The average molecular weight is 243 g/mol. The third-order valence-corrected chi connectivity index (χ3v) is 2.77. The fourth-order valence-electron chi connectivity index (χ4n) is 1.39. The van der Waals surface area contributed by atoms with Crippen LogP contribution in [0.2, 0.25) is 0 Å². The summed E-state index contributed by atoms with van der Waals surface area (Å²) in [6.07, 6.45) is 3.45. The molecule has 3 heteroatoms. The molecular formula is C13H19ClO2. The van der Waals surface area contributed by atoms with Crippen LogP contribution in [0.1, 0.15) is 37.3 Å². The summed E-state index contributed by atoms with van der Waals surface area (Å²) in [5.41, 5.74) is 0.613. The smallest absolute Gasteiger partial charge is 0.156 e. The van der Waals surface area contributed by atoms with E-state index in [1.165, 1.54) is 12.8 Å². The Balaban J connectivity index is 2.37. The Hall–Kier alpha value is -0.730. The quantitative estimate of drug-likeness (QED) is 0.529. The Morgan fingerprint density at radius 3 is 2.44 bits per heavy atom. The largest absolute Gasteiger partial charge is 0.497 e. The molecule has 90 valence electrons. The standard InChI is InChI=1S/C13H19ClO2/c1-3-4-5-10-16-13(14)11-6-8-12(15-2)9-7-11/h6-9,13H,3-5,10H2,1-2H3. The van der Waals surface area contributed by atoms with Gasteiger partial charge in [0.1, 0.15) is 5.75 Å². The Labute approximate surface area is 103 Å². The molecule has 0 saturated carbocycles. The summed E-state index contributed by atoms with van der Waals surface area (Å²) in [7, 11) is 1.65. The van der Waals surface area contributed by atoms with E-state index in [0.717, 1.165) is 17.7 Å². The molecule has 0 bridgehead atoms. The van der Waals surface area contributed by atoms with E-state index in [0.29, 0.717) is 6.61 Å². The summed E-state index contributed by atoms with van der Waals surface area (Å²) >= 11 is 6.12. The van der Waals surface area contributed by atoms with E-state index in [-0.39, 0.29) is 5.56 Å². The normalized spacial score (nSPS) is 12.4. The molecule has 0 aliphatic carbocycles. The second kappa shape index (κ2) is 7.53. The molecule has 0 aliphatic heterocycles. The molecule has 1 rings (SSSR count). The van der Waals surface area contributed by atoms with Gasteiger partial charge in [0, 0.05) is 6.61 Å². The second-order valence-corrected chi connectivity index (χ2v) is 4.06. The third-order valence-electron chi connectivity index (χ3n) is 2.39. The Morgan fingerprint density at radius 2 is 1.88 bits per heavy atom. The van der Waals surface area contributed by atoms with Crippen molar-refractivity contribution in [1.29, 1.82) is 0 Å². The topological polar surface area (TPSA) is 18.5 Å². The predicted octanol–water partition coefficient (Wildman–Crippen LogP) is 4.14. The molecule has 0 aromatic heterocycles. The zero-order valence-corrected chi connectivity index (χ0v) is 10.7. The highest BCUT2D eigenvalue weighted by Gasteiger charge is 2.07. The number of hydrogen-bond donors (Lipinski definition) is 0.